The molecular formula is C27H38N2O. The van der Waals surface area contributed by atoms with Gasteiger partial charge in [0.25, 0.3) is 0 Å². The van der Waals surface area contributed by atoms with Crippen molar-refractivity contribution < 1.29 is 5.11 Å². The number of aromatic nitrogens is 2. The van der Waals surface area contributed by atoms with Gasteiger partial charge in [0.05, 0.1) is 5.69 Å². The molecule has 3 nitrogen and oxygen atoms in total. The average molecular weight is 407 g/mol. The molecule has 1 N–H and O–H groups in total. The van der Waals surface area contributed by atoms with Crippen molar-refractivity contribution in [2.45, 2.75) is 84.2 Å². The van der Waals surface area contributed by atoms with Crippen LogP contribution in [0.4, 0.5) is 0 Å². The highest BCUT2D eigenvalue weighted by atomic mass is 16.3. The highest BCUT2D eigenvalue weighted by molar-refractivity contribution is 5.41. The van der Waals surface area contributed by atoms with Crippen molar-refractivity contribution in [1.82, 2.24) is 9.38 Å². The Morgan fingerprint density at radius 2 is 1.83 bits per heavy atom. The topological polar surface area (TPSA) is 37.5 Å². The molecule has 0 aliphatic heterocycles. The van der Waals surface area contributed by atoms with Crippen LogP contribution in [0, 0.1) is 40.4 Å². The molecule has 2 aromatic heterocycles. The van der Waals surface area contributed by atoms with Crippen LogP contribution in [0.3, 0.4) is 0 Å². The molecule has 8 atom stereocenters. The van der Waals surface area contributed by atoms with E-state index >= 15 is 0 Å². The molecule has 2 heterocycles. The van der Waals surface area contributed by atoms with Gasteiger partial charge in [0.2, 0.25) is 0 Å². The Hall–Kier alpha value is -1.35. The maximum absolute atomic E-state index is 12.2. The average Bonchev–Trinajstić information content (AvgIpc) is 3.29. The third-order valence-electron chi connectivity index (χ3n) is 10.9. The molecule has 4 fully saturated rings. The minimum Gasteiger partial charge on any atom is -0.383 e. The van der Waals surface area contributed by atoms with E-state index in [-0.39, 0.29) is 5.41 Å². The first-order valence-electron chi connectivity index (χ1n) is 12.5. The highest BCUT2D eigenvalue weighted by Crippen LogP contribution is 2.70. The molecule has 0 radical (unpaired) electrons. The summed E-state index contributed by atoms with van der Waals surface area (Å²) in [6.07, 6.45) is 15.7. The first-order chi connectivity index (χ1) is 14.3. The SMILES string of the molecule is CC1CC[C@@]2(C)C(CC[C@@H]3[C@H]2CC[C@@]2(C)[C@H]3CCC2(O)c2cn3ccccc3n2)C1. The second-order valence-electron chi connectivity index (χ2n) is 12.0. The van der Waals surface area contributed by atoms with Gasteiger partial charge in [0.15, 0.2) is 0 Å². The summed E-state index contributed by atoms with van der Waals surface area (Å²) < 4.78 is 2.07. The lowest BCUT2D eigenvalue weighted by Crippen LogP contribution is -2.55. The number of nitrogens with zero attached hydrogens (tertiary/aromatic N) is 2. The lowest BCUT2D eigenvalue weighted by Gasteiger charge is -2.61. The van der Waals surface area contributed by atoms with Gasteiger partial charge >= 0.3 is 0 Å². The molecule has 0 aromatic carbocycles. The molecule has 6 rings (SSSR count). The summed E-state index contributed by atoms with van der Waals surface area (Å²) in [4.78, 5) is 4.91. The molecule has 0 amide bonds. The molecule has 4 aliphatic carbocycles. The molecule has 2 aromatic rings. The summed E-state index contributed by atoms with van der Waals surface area (Å²) in [6, 6.07) is 6.12. The van der Waals surface area contributed by atoms with Crippen LogP contribution in [0.2, 0.25) is 0 Å². The number of aliphatic hydroxyl groups is 1. The highest BCUT2D eigenvalue weighted by Gasteiger charge is 2.65. The zero-order chi connectivity index (χ0) is 20.7. The van der Waals surface area contributed by atoms with Crippen LogP contribution in [0.15, 0.2) is 30.6 Å². The van der Waals surface area contributed by atoms with Crippen LogP contribution < -0.4 is 0 Å². The van der Waals surface area contributed by atoms with Crippen molar-refractivity contribution in [2.24, 2.45) is 40.4 Å². The second-order valence-corrected chi connectivity index (χ2v) is 12.0. The van der Waals surface area contributed by atoms with Gasteiger partial charge in [-0.05, 0) is 98.5 Å². The Morgan fingerprint density at radius 1 is 1.00 bits per heavy atom. The maximum atomic E-state index is 12.2. The molecule has 162 valence electrons. The fraction of sp³-hybridized carbons (Fsp3) is 0.741. The first-order valence-corrected chi connectivity index (χ1v) is 12.5. The standard InChI is InChI=1S/C27H38N2O/c1-18-9-12-25(2)19(16-18)7-8-20-21(25)10-13-26(3)22(20)11-14-27(26,30)23-17-29-15-5-4-6-24(29)28-23/h4-6,15,17-22,30H,7-14,16H2,1-3H3/t18?,19?,20-,21-,22+,25+,26+,27?/m1/s1. The zero-order valence-electron chi connectivity index (χ0n) is 19.0. The van der Waals surface area contributed by atoms with Gasteiger partial charge < -0.3 is 9.51 Å². The number of fused-ring (bicyclic) bond motifs is 6. The first kappa shape index (κ1) is 19.3. The minimum absolute atomic E-state index is 0.0444. The number of hydrogen-bond donors (Lipinski definition) is 1. The van der Waals surface area contributed by atoms with E-state index in [0.29, 0.717) is 11.3 Å². The smallest absolute Gasteiger partial charge is 0.137 e. The monoisotopic (exact) mass is 406 g/mol. The molecule has 4 aliphatic rings. The lowest BCUT2D eigenvalue weighted by molar-refractivity contribution is -0.158. The van der Waals surface area contributed by atoms with Crippen molar-refractivity contribution in [3.8, 4) is 0 Å². The quantitative estimate of drug-likeness (QED) is 0.612. The predicted octanol–water partition coefficient (Wildman–Crippen LogP) is 6.20. The molecule has 3 heteroatoms. The molecule has 0 bridgehead atoms. The maximum Gasteiger partial charge on any atom is 0.137 e. The summed E-state index contributed by atoms with van der Waals surface area (Å²) in [5.41, 5.74) is 1.57. The summed E-state index contributed by atoms with van der Waals surface area (Å²) in [5.74, 6) is 4.16. The summed E-state index contributed by atoms with van der Waals surface area (Å²) >= 11 is 0. The summed E-state index contributed by atoms with van der Waals surface area (Å²) in [6.45, 7) is 7.52. The van der Waals surface area contributed by atoms with E-state index in [9.17, 15) is 5.11 Å². The predicted molar refractivity (Wildman–Crippen MR) is 120 cm³/mol. The largest absolute Gasteiger partial charge is 0.383 e. The van der Waals surface area contributed by atoms with E-state index in [1.165, 1.54) is 44.9 Å². The Labute approximate surface area is 181 Å². The molecule has 3 unspecified atom stereocenters. The van der Waals surface area contributed by atoms with Crippen molar-refractivity contribution in [2.75, 3.05) is 0 Å². The molecule has 4 saturated carbocycles. The van der Waals surface area contributed by atoms with Crippen molar-refractivity contribution in [3.63, 3.8) is 0 Å². The van der Waals surface area contributed by atoms with Crippen molar-refractivity contribution in [1.29, 1.82) is 0 Å². The van der Waals surface area contributed by atoms with Gasteiger partial charge in [0.1, 0.15) is 11.2 Å². The van der Waals surface area contributed by atoms with Gasteiger partial charge in [-0.3, -0.25) is 0 Å². The number of pyridine rings is 1. The third kappa shape index (κ3) is 2.39. The van der Waals surface area contributed by atoms with E-state index in [1.54, 1.807) is 0 Å². The summed E-state index contributed by atoms with van der Waals surface area (Å²) in [7, 11) is 0. The number of rotatable bonds is 1. The fourth-order valence-electron chi connectivity index (χ4n) is 9.04. The van der Waals surface area contributed by atoms with Gasteiger partial charge in [0, 0.05) is 17.8 Å². The minimum atomic E-state index is -0.784. The van der Waals surface area contributed by atoms with Gasteiger partial charge in [-0.2, -0.15) is 0 Å². The second kappa shape index (κ2) is 6.34. The van der Waals surface area contributed by atoms with Gasteiger partial charge in [-0.25, -0.2) is 4.98 Å². The number of hydrogen-bond acceptors (Lipinski definition) is 2. The van der Waals surface area contributed by atoms with E-state index in [0.717, 1.165) is 47.9 Å². The van der Waals surface area contributed by atoms with Gasteiger partial charge in [-0.15, -0.1) is 0 Å². The Balaban J connectivity index is 1.35. The van der Waals surface area contributed by atoms with Crippen LogP contribution >= 0.6 is 0 Å². The van der Waals surface area contributed by atoms with Crippen molar-refractivity contribution >= 4 is 5.65 Å². The van der Waals surface area contributed by atoms with Crippen LogP contribution in [-0.4, -0.2) is 14.5 Å². The van der Waals surface area contributed by atoms with E-state index in [2.05, 4.69) is 31.4 Å². The fourth-order valence-corrected chi connectivity index (χ4v) is 9.04. The Morgan fingerprint density at radius 3 is 2.67 bits per heavy atom. The van der Waals surface area contributed by atoms with Crippen LogP contribution in [-0.2, 0) is 5.60 Å². The van der Waals surface area contributed by atoms with E-state index < -0.39 is 5.60 Å². The van der Waals surface area contributed by atoms with Crippen LogP contribution in [0.25, 0.3) is 5.65 Å². The van der Waals surface area contributed by atoms with Crippen molar-refractivity contribution in [3.05, 3.63) is 36.3 Å². The van der Waals surface area contributed by atoms with E-state index in [1.807, 2.05) is 24.4 Å². The lowest BCUT2D eigenvalue weighted by atomic mass is 9.44. The third-order valence-corrected chi connectivity index (χ3v) is 10.9. The Bertz CT molecular complexity index is 934. The van der Waals surface area contributed by atoms with E-state index in [4.69, 9.17) is 4.98 Å². The normalized spacial score (nSPS) is 48.2. The zero-order valence-corrected chi connectivity index (χ0v) is 19.0. The Kier molecular flexibility index (Phi) is 4.09. The van der Waals surface area contributed by atoms with Crippen LogP contribution in [0.5, 0.6) is 0 Å². The molecule has 0 spiro atoms. The molecule has 30 heavy (non-hydrogen) atoms. The number of imidazole rings is 1. The van der Waals surface area contributed by atoms with Crippen LogP contribution in [0.1, 0.15) is 84.3 Å². The molecular weight excluding hydrogens is 368 g/mol. The van der Waals surface area contributed by atoms with Gasteiger partial charge in [-0.1, -0.05) is 33.3 Å². The summed E-state index contributed by atoms with van der Waals surface area (Å²) in [5, 5.41) is 12.2. The molecule has 0 saturated heterocycles.